The fourth-order valence-electron chi connectivity index (χ4n) is 1.60. The van der Waals surface area contributed by atoms with Crippen LogP contribution in [-0.4, -0.2) is 35.9 Å². The highest BCUT2D eigenvalue weighted by molar-refractivity contribution is 7.99. The van der Waals surface area contributed by atoms with Crippen LogP contribution in [0.1, 0.15) is 20.3 Å². The van der Waals surface area contributed by atoms with Gasteiger partial charge in [0, 0.05) is 23.1 Å². The van der Waals surface area contributed by atoms with E-state index < -0.39 is 11.9 Å². The molecule has 21 heavy (non-hydrogen) atoms. The predicted octanol–water partition coefficient (Wildman–Crippen LogP) is 2.40. The van der Waals surface area contributed by atoms with Gasteiger partial charge in [0.25, 0.3) is 0 Å². The van der Waals surface area contributed by atoms with Crippen molar-refractivity contribution in [3.63, 3.8) is 0 Å². The smallest absolute Gasteiger partial charge is 0.308 e. The summed E-state index contributed by atoms with van der Waals surface area (Å²) in [5, 5.41) is 11.6. The maximum absolute atomic E-state index is 11.7. The number of nitrogens with one attached hydrogen (secondary N) is 1. The monoisotopic (exact) mass is 311 g/mol. The highest BCUT2D eigenvalue weighted by Gasteiger charge is 2.20. The van der Waals surface area contributed by atoms with Crippen LogP contribution in [-0.2, 0) is 9.59 Å². The van der Waals surface area contributed by atoms with Crippen molar-refractivity contribution in [1.82, 2.24) is 5.32 Å². The van der Waals surface area contributed by atoms with E-state index in [0.717, 1.165) is 10.6 Å². The van der Waals surface area contributed by atoms with Gasteiger partial charge in [0.2, 0.25) is 5.91 Å². The number of methoxy groups -OCH3 is 1. The van der Waals surface area contributed by atoms with Crippen LogP contribution >= 0.6 is 11.8 Å². The van der Waals surface area contributed by atoms with E-state index in [1.54, 1.807) is 32.7 Å². The molecule has 0 spiro atoms. The third-order valence-electron chi connectivity index (χ3n) is 3.19. The second-order valence-corrected chi connectivity index (χ2v) is 5.93. The number of carbonyl (C=O) groups excluding carboxylic acids is 1. The zero-order valence-electron chi connectivity index (χ0n) is 12.5. The van der Waals surface area contributed by atoms with Crippen molar-refractivity contribution in [2.75, 3.05) is 12.9 Å². The number of hydrogen-bond acceptors (Lipinski definition) is 4. The lowest BCUT2D eigenvalue weighted by molar-refractivity contribution is -0.142. The number of ether oxygens (including phenoxy) is 1. The molecular weight excluding hydrogens is 290 g/mol. The highest BCUT2D eigenvalue weighted by atomic mass is 32.2. The van der Waals surface area contributed by atoms with Crippen LogP contribution in [0.3, 0.4) is 0 Å². The summed E-state index contributed by atoms with van der Waals surface area (Å²) in [5.41, 5.74) is 0. The molecule has 2 N–H and O–H groups in total. The Kier molecular flexibility index (Phi) is 7.08. The number of hydrogen-bond donors (Lipinski definition) is 2. The van der Waals surface area contributed by atoms with Gasteiger partial charge in [0.15, 0.2) is 0 Å². The van der Waals surface area contributed by atoms with Crippen molar-refractivity contribution < 1.29 is 19.4 Å². The number of thioether (sulfide) groups is 1. The molecule has 0 saturated carbocycles. The molecular formula is C15H21NO4S. The summed E-state index contributed by atoms with van der Waals surface area (Å²) >= 11 is 1.58. The average Bonchev–Trinajstić information content (AvgIpc) is 2.46. The number of carboxylic acid groups (broad SMARTS) is 1. The molecule has 5 nitrogen and oxygen atoms in total. The molecule has 0 heterocycles. The molecule has 0 bridgehead atoms. The molecule has 1 aromatic rings. The van der Waals surface area contributed by atoms with E-state index in [1.807, 2.05) is 24.3 Å². The van der Waals surface area contributed by atoms with Gasteiger partial charge in [-0.05, 0) is 38.1 Å². The fraction of sp³-hybridized carbons (Fsp3) is 0.467. The minimum atomic E-state index is -0.907. The third kappa shape index (κ3) is 6.08. The van der Waals surface area contributed by atoms with E-state index in [9.17, 15) is 9.59 Å². The van der Waals surface area contributed by atoms with Gasteiger partial charge in [-0.2, -0.15) is 0 Å². The third-order valence-corrected chi connectivity index (χ3v) is 4.20. The number of amides is 1. The lowest BCUT2D eigenvalue weighted by Gasteiger charge is -2.17. The molecule has 0 fully saturated rings. The Bertz CT molecular complexity index is 475. The van der Waals surface area contributed by atoms with E-state index in [-0.39, 0.29) is 11.9 Å². The summed E-state index contributed by atoms with van der Waals surface area (Å²) in [6, 6.07) is 7.26. The minimum absolute atomic E-state index is 0.128. The summed E-state index contributed by atoms with van der Waals surface area (Å²) in [4.78, 5) is 23.6. The molecule has 1 amide bonds. The fourth-order valence-corrected chi connectivity index (χ4v) is 2.45. The van der Waals surface area contributed by atoms with E-state index >= 15 is 0 Å². The Morgan fingerprint density at radius 2 is 1.90 bits per heavy atom. The largest absolute Gasteiger partial charge is 0.497 e. The molecule has 1 rings (SSSR count). The molecule has 1 aromatic carbocycles. The Morgan fingerprint density at radius 1 is 1.29 bits per heavy atom. The molecule has 0 radical (unpaired) electrons. The summed E-state index contributed by atoms with van der Waals surface area (Å²) in [6.45, 7) is 3.28. The maximum atomic E-state index is 11.7. The van der Waals surface area contributed by atoms with Gasteiger partial charge in [0.1, 0.15) is 5.75 Å². The van der Waals surface area contributed by atoms with Crippen molar-refractivity contribution in [1.29, 1.82) is 0 Å². The van der Waals surface area contributed by atoms with Gasteiger partial charge in [-0.15, -0.1) is 11.8 Å². The first-order chi connectivity index (χ1) is 9.93. The Morgan fingerprint density at radius 3 is 2.43 bits per heavy atom. The van der Waals surface area contributed by atoms with Crippen LogP contribution in [0, 0.1) is 5.92 Å². The van der Waals surface area contributed by atoms with Crippen molar-refractivity contribution in [2.45, 2.75) is 31.2 Å². The van der Waals surface area contributed by atoms with Gasteiger partial charge < -0.3 is 15.2 Å². The number of carbonyl (C=O) groups is 2. The predicted molar refractivity (Wildman–Crippen MR) is 82.7 cm³/mol. The number of aliphatic carboxylic acids is 1. The number of carboxylic acids is 1. The standard InChI is InChI=1S/C15H21NO4S/c1-10(15(18)19)11(2)16-14(17)8-9-21-13-6-4-12(20-3)5-7-13/h4-7,10-11H,8-9H2,1-3H3,(H,16,17)(H,18,19). The molecule has 2 atom stereocenters. The quantitative estimate of drug-likeness (QED) is 0.721. The molecule has 0 aliphatic rings. The number of benzene rings is 1. The normalized spacial score (nSPS) is 13.3. The van der Waals surface area contributed by atoms with Crippen molar-refractivity contribution >= 4 is 23.6 Å². The van der Waals surface area contributed by atoms with E-state index in [2.05, 4.69) is 5.32 Å². The van der Waals surface area contributed by atoms with Gasteiger partial charge >= 0.3 is 5.97 Å². The summed E-state index contributed by atoms with van der Waals surface area (Å²) in [7, 11) is 1.62. The maximum Gasteiger partial charge on any atom is 0.308 e. The average molecular weight is 311 g/mol. The molecule has 0 aliphatic carbocycles. The zero-order chi connectivity index (χ0) is 15.8. The van der Waals surface area contributed by atoms with Crippen LogP contribution in [0.5, 0.6) is 5.75 Å². The van der Waals surface area contributed by atoms with E-state index in [4.69, 9.17) is 9.84 Å². The molecule has 6 heteroatoms. The van der Waals surface area contributed by atoms with Gasteiger partial charge in [-0.25, -0.2) is 0 Å². The summed E-state index contributed by atoms with van der Waals surface area (Å²) in [5.74, 6) is -0.185. The van der Waals surface area contributed by atoms with Crippen LogP contribution in [0.4, 0.5) is 0 Å². The first-order valence-corrected chi connectivity index (χ1v) is 7.71. The first kappa shape index (κ1) is 17.4. The summed E-state index contributed by atoms with van der Waals surface area (Å²) < 4.78 is 5.08. The van der Waals surface area contributed by atoms with Gasteiger partial charge in [-0.3, -0.25) is 9.59 Å². The molecule has 2 unspecified atom stereocenters. The van der Waals surface area contributed by atoms with Gasteiger partial charge in [-0.1, -0.05) is 0 Å². The minimum Gasteiger partial charge on any atom is -0.497 e. The molecule has 116 valence electrons. The van der Waals surface area contributed by atoms with Crippen LogP contribution in [0.15, 0.2) is 29.2 Å². The van der Waals surface area contributed by atoms with Crippen molar-refractivity contribution in [3.05, 3.63) is 24.3 Å². The SMILES string of the molecule is COc1ccc(SCCC(=O)NC(C)C(C)C(=O)O)cc1. The Labute approximate surface area is 129 Å². The van der Waals surface area contributed by atoms with Gasteiger partial charge in [0.05, 0.1) is 13.0 Å². The Balaban J connectivity index is 2.31. The molecule has 0 aliphatic heterocycles. The highest BCUT2D eigenvalue weighted by Crippen LogP contribution is 2.21. The van der Waals surface area contributed by atoms with E-state index in [0.29, 0.717) is 12.2 Å². The van der Waals surface area contributed by atoms with Crippen LogP contribution < -0.4 is 10.1 Å². The lowest BCUT2D eigenvalue weighted by atomic mass is 10.0. The lowest BCUT2D eigenvalue weighted by Crippen LogP contribution is -2.40. The Hall–Kier alpha value is -1.69. The zero-order valence-corrected chi connectivity index (χ0v) is 13.3. The molecule has 0 saturated heterocycles. The van der Waals surface area contributed by atoms with Crippen LogP contribution in [0.2, 0.25) is 0 Å². The number of rotatable bonds is 8. The summed E-state index contributed by atoms with van der Waals surface area (Å²) in [6.07, 6.45) is 0.355. The van der Waals surface area contributed by atoms with Crippen molar-refractivity contribution in [2.24, 2.45) is 5.92 Å². The van der Waals surface area contributed by atoms with E-state index in [1.165, 1.54) is 0 Å². The van der Waals surface area contributed by atoms with Crippen LogP contribution in [0.25, 0.3) is 0 Å². The topological polar surface area (TPSA) is 75.6 Å². The second kappa shape index (κ2) is 8.56. The van der Waals surface area contributed by atoms with Crippen molar-refractivity contribution in [3.8, 4) is 5.75 Å². The second-order valence-electron chi connectivity index (χ2n) is 4.76. The molecule has 0 aromatic heterocycles. The first-order valence-electron chi connectivity index (χ1n) is 6.73.